The van der Waals surface area contributed by atoms with Crippen LogP contribution in [0.15, 0.2) is 45.0 Å². The molecule has 1 aromatic carbocycles. The topological polar surface area (TPSA) is 99.6 Å². The molecule has 1 aromatic heterocycles. The molecule has 23 heavy (non-hydrogen) atoms. The average Bonchev–Trinajstić information content (AvgIpc) is 2.52. The molecule has 0 saturated carbocycles. The number of carbonyl (C=O) groups is 1. The van der Waals surface area contributed by atoms with Crippen molar-refractivity contribution in [3.05, 3.63) is 62.4 Å². The summed E-state index contributed by atoms with van der Waals surface area (Å²) in [7, 11) is 5.20. The first-order chi connectivity index (χ1) is 10.9. The quantitative estimate of drug-likeness (QED) is 0.608. The second-order valence-corrected chi connectivity index (χ2v) is 5.07. The van der Waals surface area contributed by atoms with Gasteiger partial charge < -0.3 is 9.88 Å². The maximum absolute atomic E-state index is 11.8. The highest BCUT2D eigenvalue weighted by molar-refractivity contribution is 5.92. The molecule has 1 amide bonds. The first-order valence-electron chi connectivity index (χ1n) is 6.79. The summed E-state index contributed by atoms with van der Waals surface area (Å²) in [6.07, 6.45) is 1.47. The fourth-order valence-electron chi connectivity index (χ4n) is 1.76. The van der Waals surface area contributed by atoms with Gasteiger partial charge in [0.2, 0.25) is 0 Å². The van der Waals surface area contributed by atoms with E-state index in [1.54, 1.807) is 0 Å². The molecule has 0 bridgehead atoms. The molecule has 0 unspecified atom stereocenters. The molecule has 120 valence electrons. The molecule has 0 aliphatic carbocycles. The van der Waals surface area contributed by atoms with E-state index in [1.165, 1.54) is 13.3 Å². The van der Waals surface area contributed by atoms with Crippen molar-refractivity contribution in [2.45, 2.75) is 0 Å². The predicted molar refractivity (Wildman–Crippen MR) is 88.1 cm³/mol. The second-order valence-electron chi connectivity index (χ2n) is 5.07. The molecule has 0 atom stereocenters. The van der Waals surface area contributed by atoms with E-state index >= 15 is 0 Å². The number of rotatable bonds is 4. The Labute approximate surface area is 132 Å². The summed E-state index contributed by atoms with van der Waals surface area (Å²) in [5.74, 6) is -0.666. The first kappa shape index (κ1) is 16.2. The van der Waals surface area contributed by atoms with Gasteiger partial charge in [0.05, 0.1) is 6.21 Å². The van der Waals surface area contributed by atoms with Gasteiger partial charge in [-0.1, -0.05) is 12.1 Å². The fraction of sp³-hybridized carbons (Fsp3) is 0.200. The van der Waals surface area contributed by atoms with Gasteiger partial charge in [-0.15, -0.1) is 0 Å². The summed E-state index contributed by atoms with van der Waals surface area (Å²) in [5, 5.41) is 3.81. The molecule has 0 saturated heterocycles. The third-order valence-corrected chi connectivity index (χ3v) is 3.18. The summed E-state index contributed by atoms with van der Waals surface area (Å²) >= 11 is 0. The Hall–Kier alpha value is -3.16. The zero-order valence-electron chi connectivity index (χ0n) is 13.0. The molecule has 0 radical (unpaired) electrons. The van der Waals surface area contributed by atoms with Crippen LogP contribution in [0.5, 0.6) is 0 Å². The Bertz CT molecular complexity index is 815. The van der Waals surface area contributed by atoms with Gasteiger partial charge in [-0.05, 0) is 17.7 Å². The van der Waals surface area contributed by atoms with Crippen molar-refractivity contribution in [3.8, 4) is 0 Å². The highest BCUT2D eigenvalue weighted by Crippen LogP contribution is 2.10. The lowest BCUT2D eigenvalue weighted by Gasteiger charge is -2.11. The number of nitrogens with zero attached hydrogens (tertiary/aromatic N) is 3. The van der Waals surface area contributed by atoms with Crippen LogP contribution in [0.25, 0.3) is 0 Å². The number of amides is 1. The maximum atomic E-state index is 11.8. The molecular weight excluding hydrogens is 298 g/mol. The minimum Gasteiger partial charge on any atom is -0.378 e. The van der Waals surface area contributed by atoms with Crippen LogP contribution in [-0.2, 0) is 7.05 Å². The van der Waals surface area contributed by atoms with Gasteiger partial charge in [-0.25, -0.2) is 10.2 Å². The number of aromatic nitrogens is 2. The van der Waals surface area contributed by atoms with Crippen LogP contribution in [0.2, 0.25) is 0 Å². The number of carbonyl (C=O) groups excluding carboxylic acids is 1. The van der Waals surface area contributed by atoms with Gasteiger partial charge >= 0.3 is 5.69 Å². The zero-order chi connectivity index (χ0) is 17.0. The summed E-state index contributed by atoms with van der Waals surface area (Å²) in [6, 6.07) is 8.58. The largest absolute Gasteiger partial charge is 0.378 e. The van der Waals surface area contributed by atoms with E-state index in [0.29, 0.717) is 0 Å². The summed E-state index contributed by atoms with van der Waals surface area (Å²) in [5.41, 5.74) is 2.74. The number of nitrogens with one attached hydrogen (secondary N) is 2. The normalized spacial score (nSPS) is 10.7. The van der Waals surface area contributed by atoms with Crippen molar-refractivity contribution >= 4 is 17.8 Å². The average molecular weight is 315 g/mol. The van der Waals surface area contributed by atoms with Gasteiger partial charge in [-0.2, -0.15) is 5.10 Å². The van der Waals surface area contributed by atoms with E-state index in [2.05, 4.69) is 15.5 Å². The van der Waals surface area contributed by atoms with Crippen LogP contribution in [0.4, 0.5) is 5.69 Å². The van der Waals surface area contributed by atoms with E-state index in [0.717, 1.165) is 21.9 Å². The summed E-state index contributed by atoms with van der Waals surface area (Å²) in [6.45, 7) is 0. The van der Waals surface area contributed by atoms with E-state index in [4.69, 9.17) is 0 Å². The minimum absolute atomic E-state index is 0.141. The standard InChI is InChI=1S/C15H17N5O3/c1-19(2)11-6-4-10(5-7-11)9-16-18-14(22)12-8-13(21)20(3)15(23)17-12/h4-9H,1-3H3,(H,17,23)(H,18,22)/b16-9-. The van der Waals surface area contributed by atoms with E-state index in [-0.39, 0.29) is 5.69 Å². The van der Waals surface area contributed by atoms with Crippen LogP contribution in [0, 0.1) is 0 Å². The summed E-state index contributed by atoms with van der Waals surface area (Å²) in [4.78, 5) is 39.0. The molecule has 2 aromatic rings. The van der Waals surface area contributed by atoms with Crippen LogP contribution in [0.1, 0.15) is 16.1 Å². The van der Waals surface area contributed by atoms with Gasteiger partial charge in [0.1, 0.15) is 5.69 Å². The molecule has 8 nitrogen and oxygen atoms in total. The molecule has 2 N–H and O–H groups in total. The number of aromatic amines is 1. The van der Waals surface area contributed by atoms with Crippen LogP contribution in [0.3, 0.4) is 0 Å². The van der Waals surface area contributed by atoms with Crippen molar-refractivity contribution in [3.63, 3.8) is 0 Å². The fourth-order valence-corrected chi connectivity index (χ4v) is 1.76. The molecular formula is C15H17N5O3. The lowest BCUT2D eigenvalue weighted by Crippen LogP contribution is -2.35. The number of hydrazone groups is 1. The first-order valence-corrected chi connectivity index (χ1v) is 6.79. The number of hydrogen-bond acceptors (Lipinski definition) is 5. The lowest BCUT2D eigenvalue weighted by molar-refractivity contribution is 0.0949. The van der Waals surface area contributed by atoms with Crippen LogP contribution >= 0.6 is 0 Å². The highest BCUT2D eigenvalue weighted by atomic mass is 16.2. The third-order valence-electron chi connectivity index (χ3n) is 3.18. The molecule has 0 aliphatic heterocycles. The number of hydrogen-bond donors (Lipinski definition) is 2. The zero-order valence-corrected chi connectivity index (χ0v) is 13.0. The maximum Gasteiger partial charge on any atom is 0.328 e. The van der Waals surface area contributed by atoms with Crippen LogP contribution < -0.4 is 21.6 Å². The SMILES string of the molecule is CN(C)c1ccc(/C=N\NC(=O)c2cc(=O)n(C)c(=O)[nH]2)cc1. The van der Waals surface area contributed by atoms with Gasteiger partial charge in [0.15, 0.2) is 0 Å². The monoisotopic (exact) mass is 315 g/mol. The Morgan fingerprint density at radius 1 is 1.26 bits per heavy atom. The number of benzene rings is 1. The van der Waals surface area contributed by atoms with Crippen molar-refractivity contribution < 1.29 is 4.79 Å². The Kier molecular flexibility index (Phi) is 4.75. The van der Waals surface area contributed by atoms with Gasteiger partial charge in [0, 0.05) is 32.9 Å². The number of anilines is 1. The Morgan fingerprint density at radius 2 is 1.91 bits per heavy atom. The minimum atomic E-state index is -0.666. The molecule has 8 heteroatoms. The van der Waals surface area contributed by atoms with E-state index < -0.39 is 17.2 Å². The van der Waals surface area contributed by atoms with Crippen molar-refractivity contribution in [2.75, 3.05) is 19.0 Å². The van der Waals surface area contributed by atoms with E-state index in [1.807, 2.05) is 43.3 Å². The van der Waals surface area contributed by atoms with E-state index in [9.17, 15) is 14.4 Å². The van der Waals surface area contributed by atoms with Gasteiger partial charge in [-0.3, -0.25) is 14.2 Å². The predicted octanol–water partition coefficient (Wildman–Crippen LogP) is -0.0965. The number of H-pyrrole nitrogens is 1. The smallest absolute Gasteiger partial charge is 0.328 e. The molecule has 1 heterocycles. The van der Waals surface area contributed by atoms with Crippen molar-refractivity contribution in [2.24, 2.45) is 12.1 Å². The Morgan fingerprint density at radius 3 is 2.48 bits per heavy atom. The highest BCUT2D eigenvalue weighted by Gasteiger charge is 2.08. The molecule has 2 rings (SSSR count). The Balaban J connectivity index is 2.06. The third kappa shape index (κ3) is 3.94. The summed E-state index contributed by atoms with van der Waals surface area (Å²) < 4.78 is 0.867. The molecule has 0 aliphatic rings. The van der Waals surface area contributed by atoms with Crippen LogP contribution in [-0.4, -0.2) is 35.8 Å². The lowest BCUT2D eigenvalue weighted by atomic mass is 10.2. The van der Waals surface area contributed by atoms with Gasteiger partial charge in [0.25, 0.3) is 11.5 Å². The van der Waals surface area contributed by atoms with Crippen molar-refractivity contribution in [1.82, 2.24) is 15.0 Å². The second kappa shape index (κ2) is 6.73. The molecule has 0 spiro atoms. The molecule has 0 fully saturated rings. The van der Waals surface area contributed by atoms with Crippen molar-refractivity contribution in [1.29, 1.82) is 0 Å².